The molecule has 0 bridgehead atoms. The molecule has 2 N–H and O–H groups in total. The summed E-state index contributed by atoms with van der Waals surface area (Å²) in [6.07, 6.45) is 0. The van der Waals surface area contributed by atoms with Crippen molar-refractivity contribution in [3.05, 3.63) is 0 Å². The van der Waals surface area contributed by atoms with Crippen LogP contribution in [0.2, 0.25) is 0 Å². The van der Waals surface area contributed by atoms with Crippen molar-refractivity contribution < 1.29 is 19.5 Å². The number of hydrogen-bond donors (Lipinski definition) is 2. The Kier molecular flexibility index (Phi) is 6.05. The first kappa shape index (κ1) is 9.35. The number of aliphatic carboxylic acids is 1. The van der Waals surface area contributed by atoms with E-state index in [2.05, 4.69) is 15.1 Å². The largest absolute Gasteiger partial charge is 0.480 e. The van der Waals surface area contributed by atoms with Crippen LogP contribution in [0.5, 0.6) is 0 Å². The van der Waals surface area contributed by atoms with Gasteiger partial charge < -0.3 is 9.84 Å². The van der Waals surface area contributed by atoms with Gasteiger partial charge >= 0.3 is 5.97 Å². The molecule has 10 heavy (non-hydrogen) atoms. The van der Waals surface area contributed by atoms with Gasteiger partial charge in [-0.05, 0) is 0 Å². The molecule has 0 aliphatic carbocycles. The number of ether oxygens (including phenoxy) is 1. The first-order valence-electron chi connectivity index (χ1n) is 2.82. The lowest BCUT2D eigenvalue weighted by atomic mass is 10.7. The summed E-state index contributed by atoms with van der Waals surface area (Å²) in [5.41, 5.74) is 2.24. The lowest BCUT2D eigenvalue weighted by Gasteiger charge is -2.00. The van der Waals surface area contributed by atoms with Crippen molar-refractivity contribution in [2.24, 2.45) is 0 Å². The highest BCUT2D eigenvalue weighted by Gasteiger charge is 1.93. The number of carboxylic acids is 1. The van der Waals surface area contributed by atoms with Crippen molar-refractivity contribution >= 4 is 5.97 Å². The molecular weight excluding hydrogens is 138 g/mol. The van der Waals surface area contributed by atoms with Crippen LogP contribution in [0.3, 0.4) is 0 Å². The Balaban J connectivity index is 2.84. The fourth-order valence-electron chi connectivity index (χ4n) is 0.310. The zero-order valence-corrected chi connectivity index (χ0v) is 5.79. The van der Waals surface area contributed by atoms with Crippen molar-refractivity contribution in [1.29, 1.82) is 0 Å². The van der Waals surface area contributed by atoms with Gasteiger partial charge in [-0.1, -0.05) is 0 Å². The lowest BCUT2D eigenvalue weighted by Crippen LogP contribution is -2.24. The predicted octanol–water partition coefficient (Wildman–Crippen LogP) is -0.761. The van der Waals surface area contributed by atoms with Crippen molar-refractivity contribution in [1.82, 2.24) is 5.48 Å². The SMILES string of the molecule is COCCONCC(=O)O. The van der Waals surface area contributed by atoms with Crippen LogP contribution in [0.25, 0.3) is 0 Å². The smallest absolute Gasteiger partial charge is 0.319 e. The van der Waals surface area contributed by atoms with Crippen molar-refractivity contribution in [2.45, 2.75) is 0 Å². The van der Waals surface area contributed by atoms with E-state index < -0.39 is 5.97 Å². The topological polar surface area (TPSA) is 67.8 Å². The monoisotopic (exact) mass is 149 g/mol. The van der Waals surface area contributed by atoms with E-state index in [0.29, 0.717) is 13.2 Å². The molecule has 0 aromatic carbocycles. The molecule has 60 valence electrons. The maximum absolute atomic E-state index is 9.86. The number of nitrogens with one attached hydrogen (secondary N) is 1. The fraction of sp³-hybridized carbons (Fsp3) is 0.800. The number of hydrogen-bond acceptors (Lipinski definition) is 4. The van der Waals surface area contributed by atoms with Crippen LogP contribution in [0.1, 0.15) is 0 Å². The van der Waals surface area contributed by atoms with E-state index in [4.69, 9.17) is 5.11 Å². The second-order valence-electron chi connectivity index (χ2n) is 1.56. The number of methoxy groups -OCH3 is 1. The summed E-state index contributed by atoms with van der Waals surface area (Å²) < 4.78 is 4.64. The molecule has 0 unspecified atom stereocenters. The van der Waals surface area contributed by atoms with Crippen LogP contribution in [0, 0.1) is 0 Å². The molecule has 0 amide bonds. The summed E-state index contributed by atoms with van der Waals surface area (Å²) in [7, 11) is 1.54. The zero-order chi connectivity index (χ0) is 7.82. The molecule has 0 aromatic rings. The van der Waals surface area contributed by atoms with Gasteiger partial charge in [-0.2, -0.15) is 5.48 Å². The minimum atomic E-state index is -0.947. The van der Waals surface area contributed by atoms with Crippen molar-refractivity contribution in [3.63, 3.8) is 0 Å². The van der Waals surface area contributed by atoms with E-state index >= 15 is 0 Å². The van der Waals surface area contributed by atoms with Gasteiger partial charge in [-0.3, -0.25) is 9.63 Å². The molecule has 0 rings (SSSR count). The average molecular weight is 149 g/mol. The molecule has 0 aliphatic heterocycles. The third-order valence-electron chi connectivity index (χ3n) is 0.715. The highest BCUT2D eigenvalue weighted by Crippen LogP contribution is 1.69. The first-order chi connectivity index (χ1) is 4.77. The van der Waals surface area contributed by atoms with Gasteiger partial charge in [-0.25, -0.2) is 0 Å². The molecule has 5 nitrogen and oxygen atoms in total. The second kappa shape index (κ2) is 6.47. The molecule has 0 aliphatic rings. The van der Waals surface area contributed by atoms with Gasteiger partial charge in [0.2, 0.25) is 0 Å². The summed E-state index contributed by atoms with van der Waals surface area (Å²) >= 11 is 0. The Morgan fingerprint density at radius 1 is 1.60 bits per heavy atom. The van der Waals surface area contributed by atoms with Gasteiger partial charge in [0, 0.05) is 7.11 Å². The summed E-state index contributed by atoms with van der Waals surface area (Å²) in [6.45, 7) is 0.611. The second-order valence-corrected chi connectivity index (χ2v) is 1.56. The molecular formula is C5H11NO4. The average Bonchev–Trinajstić information content (AvgIpc) is 1.87. The summed E-state index contributed by atoms with van der Waals surface area (Å²) in [5, 5.41) is 8.10. The van der Waals surface area contributed by atoms with Crippen LogP contribution in [-0.2, 0) is 14.4 Å². The van der Waals surface area contributed by atoms with Crippen LogP contribution >= 0.6 is 0 Å². The van der Waals surface area contributed by atoms with Gasteiger partial charge in [-0.15, -0.1) is 0 Å². The van der Waals surface area contributed by atoms with Crippen LogP contribution in [0.15, 0.2) is 0 Å². The van der Waals surface area contributed by atoms with Crippen molar-refractivity contribution in [3.8, 4) is 0 Å². The van der Waals surface area contributed by atoms with Gasteiger partial charge in [0.15, 0.2) is 0 Å². The van der Waals surface area contributed by atoms with E-state index in [-0.39, 0.29) is 6.54 Å². The lowest BCUT2D eigenvalue weighted by molar-refractivity contribution is -0.139. The molecule has 0 aromatic heterocycles. The molecule has 0 heterocycles. The van der Waals surface area contributed by atoms with E-state index in [0.717, 1.165) is 0 Å². The first-order valence-corrected chi connectivity index (χ1v) is 2.82. The third kappa shape index (κ3) is 7.35. The normalized spacial score (nSPS) is 9.70. The number of carboxylic acid groups (broad SMARTS) is 1. The number of carbonyl (C=O) groups is 1. The zero-order valence-electron chi connectivity index (χ0n) is 5.79. The molecule has 0 saturated heterocycles. The Bertz CT molecular complexity index is 95.6. The number of rotatable bonds is 6. The maximum Gasteiger partial charge on any atom is 0.319 e. The predicted molar refractivity (Wildman–Crippen MR) is 33.5 cm³/mol. The van der Waals surface area contributed by atoms with E-state index in [1.54, 1.807) is 7.11 Å². The summed E-state index contributed by atoms with van der Waals surface area (Å²) in [4.78, 5) is 14.5. The van der Waals surface area contributed by atoms with Crippen LogP contribution in [-0.4, -0.2) is 37.9 Å². The standard InChI is InChI=1S/C5H11NO4/c1-9-2-3-10-6-4-5(7)8/h6H,2-4H2,1H3,(H,7,8). The number of hydroxylamine groups is 1. The Morgan fingerprint density at radius 3 is 2.80 bits per heavy atom. The minimum Gasteiger partial charge on any atom is -0.480 e. The molecule has 0 saturated carbocycles. The molecule has 0 radical (unpaired) electrons. The Morgan fingerprint density at radius 2 is 2.30 bits per heavy atom. The van der Waals surface area contributed by atoms with E-state index in [1.165, 1.54) is 0 Å². The molecule has 5 heteroatoms. The quantitative estimate of drug-likeness (QED) is 0.383. The van der Waals surface area contributed by atoms with Crippen molar-refractivity contribution in [2.75, 3.05) is 26.9 Å². The summed E-state index contributed by atoms with van der Waals surface area (Å²) in [6, 6.07) is 0. The third-order valence-corrected chi connectivity index (χ3v) is 0.715. The van der Waals surface area contributed by atoms with Gasteiger partial charge in [0.25, 0.3) is 0 Å². The van der Waals surface area contributed by atoms with E-state index in [9.17, 15) is 4.79 Å². The fourth-order valence-corrected chi connectivity index (χ4v) is 0.310. The highest BCUT2D eigenvalue weighted by atomic mass is 16.7. The van der Waals surface area contributed by atoms with Crippen LogP contribution < -0.4 is 5.48 Å². The molecule has 0 atom stereocenters. The Hall–Kier alpha value is -0.650. The Labute approximate surface area is 58.9 Å². The van der Waals surface area contributed by atoms with E-state index in [1.807, 2.05) is 0 Å². The highest BCUT2D eigenvalue weighted by molar-refractivity contribution is 5.68. The minimum absolute atomic E-state index is 0.191. The maximum atomic E-state index is 9.86. The molecule has 0 spiro atoms. The van der Waals surface area contributed by atoms with Gasteiger partial charge in [0.1, 0.15) is 6.54 Å². The van der Waals surface area contributed by atoms with Gasteiger partial charge in [0.05, 0.1) is 13.2 Å². The molecule has 0 fully saturated rings. The van der Waals surface area contributed by atoms with Crippen LogP contribution in [0.4, 0.5) is 0 Å². The summed E-state index contributed by atoms with van der Waals surface area (Å²) in [5.74, 6) is -0.947.